The number of likely N-dealkylation sites (tertiary alicyclic amines) is 1. The highest BCUT2D eigenvalue weighted by Crippen LogP contribution is 2.26. The molecule has 22 N–H and O–H groups in total. The maximum atomic E-state index is 15.2. The van der Waals surface area contributed by atoms with Gasteiger partial charge in [-0.15, -0.1) is 0 Å². The minimum Gasteiger partial charge on any atom is -0.508 e. The number of fused-ring (bicyclic) bond motifs is 2. The summed E-state index contributed by atoms with van der Waals surface area (Å²) in [6.07, 6.45) is -1.54. The van der Waals surface area contributed by atoms with Crippen LogP contribution in [-0.2, 0) is 101 Å². The molecule has 117 heavy (non-hydrogen) atoms. The molecule has 0 unspecified atom stereocenters. The number of hydrogen-bond donors (Lipinski definition) is 22. The van der Waals surface area contributed by atoms with Gasteiger partial charge in [-0.05, 0) is 97.2 Å². The SMILES string of the molecule is CC(C)C[C@H](NC(=O)[C@H](Cc1ccc(O)cc1)NC(=O)[C@H](Cc1c[nH]c2ccccc12)NC(=O)[C@H](CCC(=O)O)NC(=O)[C@@H](NC(=O)[C@@H]1CCCN1C(=O)[C@H](Cc1c[nH]c2ccccc12)NC(=O)[C@H](CS)NC(=O)[C@@H](NC(=O)[C@H](CCC(=O)O)NC(=O)[C@@H](N)CCC(=O)O)C(C)C)C(C)C)C(=O)N[C@@H](CS)C(=O)N[C@@H](CC(N)=O)C(=O)O. The van der Waals surface area contributed by atoms with Gasteiger partial charge in [0.2, 0.25) is 76.8 Å². The number of benzene rings is 3. The molecule has 38 nitrogen and oxygen atoms in total. The van der Waals surface area contributed by atoms with E-state index in [1.165, 1.54) is 43.0 Å². The van der Waals surface area contributed by atoms with Gasteiger partial charge in [0, 0.05) is 90.8 Å². The number of amides is 13. The van der Waals surface area contributed by atoms with Gasteiger partial charge in [0.1, 0.15) is 78.3 Å². The number of hydrogen-bond acceptors (Lipinski definition) is 21. The Labute approximate surface area is 683 Å². The van der Waals surface area contributed by atoms with Crippen molar-refractivity contribution in [3.05, 3.63) is 102 Å². The maximum Gasteiger partial charge on any atom is 0.326 e. The summed E-state index contributed by atoms with van der Waals surface area (Å²) in [5, 5.41) is 77.6. The van der Waals surface area contributed by atoms with Crippen molar-refractivity contribution in [1.29, 1.82) is 0 Å². The largest absolute Gasteiger partial charge is 0.508 e. The fourth-order valence-corrected chi connectivity index (χ4v) is 13.5. The first-order valence-corrected chi connectivity index (χ1v) is 39.2. The third kappa shape index (κ3) is 28.6. The minimum absolute atomic E-state index is 0.0270. The van der Waals surface area contributed by atoms with E-state index in [9.17, 15) is 92.3 Å². The summed E-state index contributed by atoms with van der Waals surface area (Å²) in [6, 6.07) is -0.652. The molecule has 13 amide bonds. The Kier molecular flexibility index (Phi) is 36.1. The number of H-pyrrole nitrogens is 2. The topological polar surface area (TPSA) is 611 Å². The highest BCUT2D eigenvalue weighted by Gasteiger charge is 2.43. The zero-order chi connectivity index (χ0) is 86.7. The molecule has 0 radical (unpaired) electrons. The number of carboxylic acids is 4. The number of aromatic amines is 2. The van der Waals surface area contributed by atoms with E-state index >= 15 is 9.59 Å². The number of thiol groups is 2. The number of nitrogens with two attached hydrogens (primary N) is 2. The fourth-order valence-electron chi connectivity index (χ4n) is 13.0. The van der Waals surface area contributed by atoms with Crippen LogP contribution in [0.25, 0.3) is 21.8 Å². The van der Waals surface area contributed by atoms with E-state index in [1.54, 1.807) is 88.6 Å². The molecule has 2 aromatic heterocycles. The normalized spacial score (nSPS) is 15.7. The van der Waals surface area contributed by atoms with E-state index in [4.69, 9.17) is 16.6 Å². The van der Waals surface area contributed by atoms with Crippen molar-refractivity contribution >= 4 is 148 Å². The fraction of sp³-hybridized carbons (Fsp3) is 0.494. The lowest BCUT2D eigenvalue weighted by atomic mass is 9.99. The number of phenols is 1. The van der Waals surface area contributed by atoms with Crippen LogP contribution in [0.1, 0.15) is 122 Å². The Morgan fingerprint density at radius 2 is 0.855 bits per heavy atom. The molecule has 5 aromatic rings. The van der Waals surface area contributed by atoms with Crippen molar-refractivity contribution < 1.29 is 107 Å². The average Bonchev–Trinajstić information content (AvgIpc) is 1.69. The molecule has 0 bridgehead atoms. The summed E-state index contributed by atoms with van der Waals surface area (Å²) >= 11 is 8.52. The number of carboxylic acid groups (broad SMARTS) is 4. The zero-order valence-electron chi connectivity index (χ0n) is 65.3. The Balaban J connectivity index is 1.25. The average molecular weight is 1670 g/mol. The molecule has 1 fully saturated rings. The molecule has 0 saturated carbocycles. The smallest absolute Gasteiger partial charge is 0.326 e. The summed E-state index contributed by atoms with van der Waals surface area (Å²) in [6.45, 7) is 9.56. The molecule has 636 valence electrons. The second kappa shape index (κ2) is 44.9. The number of carbonyl (C=O) groups excluding carboxylic acids is 13. The van der Waals surface area contributed by atoms with E-state index in [0.29, 0.717) is 38.5 Å². The third-order valence-electron chi connectivity index (χ3n) is 19.3. The number of aromatic nitrogens is 2. The molecule has 40 heteroatoms. The molecule has 1 aliphatic heterocycles. The number of nitrogens with zero attached hydrogens (tertiary/aromatic N) is 1. The van der Waals surface area contributed by atoms with E-state index in [1.807, 2.05) is 0 Å². The highest BCUT2D eigenvalue weighted by molar-refractivity contribution is 7.80. The van der Waals surface area contributed by atoms with E-state index in [0.717, 1.165) is 0 Å². The van der Waals surface area contributed by atoms with Gasteiger partial charge in [0.25, 0.3) is 0 Å². The molecule has 1 aliphatic rings. The summed E-state index contributed by atoms with van der Waals surface area (Å²) < 4.78 is 0. The summed E-state index contributed by atoms with van der Waals surface area (Å²) in [5.74, 6) is -21.1. The lowest BCUT2D eigenvalue weighted by molar-refractivity contribution is -0.143. The van der Waals surface area contributed by atoms with Crippen LogP contribution >= 0.6 is 25.3 Å². The van der Waals surface area contributed by atoms with Gasteiger partial charge in [-0.2, -0.15) is 25.3 Å². The number of aromatic hydroxyl groups is 1. The van der Waals surface area contributed by atoms with Crippen LogP contribution in [0.15, 0.2) is 85.2 Å². The van der Waals surface area contributed by atoms with E-state index in [2.05, 4.69) is 93.7 Å². The van der Waals surface area contributed by atoms with Gasteiger partial charge in [0.15, 0.2) is 0 Å². The van der Waals surface area contributed by atoms with Crippen LogP contribution in [0.2, 0.25) is 0 Å². The van der Waals surface area contributed by atoms with Crippen molar-refractivity contribution in [3.8, 4) is 5.75 Å². The van der Waals surface area contributed by atoms with Crippen molar-refractivity contribution in [2.24, 2.45) is 29.2 Å². The van der Waals surface area contributed by atoms with Crippen LogP contribution in [0.3, 0.4) is 0 Å². The van der Waals surface area contributed by atoms with Crippen molar-refractivity contribution in [1.82, 2.24) is 73.4 Å². The first kappa shape index (κ1) is 94.0. The number of aliphatic carboxylic acids is 4. The summed E-state index contributed by atoms with van der Waals surface area (Å²) in [4.78, 5) is 239. The molecular formula is C77H104N16O22S2. The van der Waals surface area contributed by atoms with Gasteiger partial charge < -0.3 is 110 Å². The Morgan fingerprint density at radius 3 is 1.33 bits per heavy atom. The number of primary amides is 1. The van der Waals surface area contributed by atoms with E-state index in [-0.39, 0.29) is 63.2 Å². The number of nitrogens with one attached hydrogen (secondary N) is 13. The zero-order valence-corrected chi connectivity index (χ0v) is 67.1. The Bertz CT molecular complexity index is 4420. The molecule has 3 aromatic carbocycles. The minimum atomic E-state index is -1.77. The third-order valence-corrected chi connectivity index (χ3v) is 20.1. The van der Waals surface area contributed by atoms with Gasteiger partial charge >= 0.3 is 23.9 Å². The number of para-hydroxylation sites is 2. The molecule has 6 rings (SSSR count). The second-order valence-electron chi connectivity index (χ2n) is 29.6. The summed E-state index contributed by atoms with van der Waals surface area (Å²) in [5.41, 5.74) is 13.7. The Hall–Kier alpha value is -11.8. The quantitative estimate of drug-likeness (QED) is 0.0204. The predicted octanol–water partition coefficient (Wildman–Crippen LogP) is -1.19. The van der Waals surface area contributed by atoms with Crippen LogP contribution < -0.4 is 70.0 Å². The first-order chi connectivity index (χ1) is 55.3. The molecular weight excluding hydrogens is 1570 g/mol. The van der Waals surface area contributed by atoms with Gasteiger partial charge in [-0.3, -0.25) is 76.7 Å². The molecule has 13 atom stereocenters. The molecule has 3 heterocycles. The van der Waals surface area contributed by atoms with Crippen molar-refractivity contribution in [3.63, 3.8) is 0 Å². The second-order valence-corrected chi connectivity index (χ2v) is 30.3. The predicted molar refractivity (Wildman–Crippen MR) is 429 cm³/mol. The monoisotopic (exact) mass is 1670 g/mol. The molecule has 0 aliphatic carbocycles. The lowest BCUT2D eigenvalue weighted by Crippen LogP contribution is -2.62. The lowest BCUT2D eigenvalue weighted by Gasteiger charge is -2.32. The van der Waals surface area contributed by atoms with Crippen LogP contribution in [0.5, 0.6) is 5.75 Å². The standard InChI is InChI=1S/C77H104N16O22S2/c1-37(2)28-51(68(105)89-56(35-116)72(109)88-55(77(114)115)32-59(79)95)84-69(106)52(29-40-17-19-43(94)20-18-40)85-70(107)53(30-41-33-80-47-14-9-7-12-44(41)47)86-66(103)49(22-25-61(98)99)83-74(111)64(39(5)6)92-73(110)58-16-11-27-93(58)76(113)54(31-42-34-81-48-15-10-8-13-45(42)48)87-71(108)57(36-117)90-75(112)63(38(3)4)91-67(104)50(23-26-62(100)101)82-65(102)46(78)21-24-60(96)97/h7-10,12-15,17-20,33-34,37-39,46,49-58,63-64,80-81,94,116-117H,11,16,21-32,35-36,78H2,1-6H3,(H2,79,95)(H,82,102)(H,83,111)(H,84,106)(H,85,107)(H,86,103)(H,87,108)(H,88,109)(H,89,105)(H,90,112)(H,91,104)(H,92,110)(H,96,97)(H,98,99)(H,100,101)(H,114,115)/t46-,49-,50-,51-,52-,53-,54-,55-,56-,57-,58-,63-,64-/m0/s1. The summed E-state index contributed by atoms with van der Waals surface area (Å²) in [7, 11) is 0. The van der Waals surface area contributed by atoms with Crippen molar-refractivity contribution in [2.75, 3.05) is 18.1 Å². The van der Waals surface area contributed by atoms with Gasteiger partial charge in [-0.1, -0.05) is 90.1 Å². The van der Waals surface area contributed by atoms with Crippen LogP contribution in [-0.4, -0.2) is 238 Å². The Morgan fingerprint density at radius 1 is 0.462 bits per heavy atom. The molecule has 0 spiro atoms. The van der Waals surface area contributed by atoms with Crippen molar-refractivity contribution in [2.45, 2.75) is 204 Å². The van der Waals surface area contributed by atoms with Crippen LogP contribution in [0.4, 0.5) is 0 Å². The number of phenolic OH excluding ortho intramolecular Hbond substituents is 1. The first-order valence-electron chi connectivity index (χ1n) is 38.0. The van der Waals surface area contributed by atoms with Gasteiger partial charge in [-0.25, -0.2) is 4.79 Å². The number of carbonyl (C=O) groups is 17. The van der Waals surface area contributed by atoms with Crippen LogP contribution in [0, 0.1) is 17.8 Å². The van der Waals surface area contributed by atoms with E-state index < -0.39 is 241 Å². The van der Waals surface area contributed by atoms with Gasteiger partial charge in [0.05, 0.1) is 12.5 Å². The highest BCUT2D eigenvalue weighted by atomic mass is 32.1. The number of rotatable bonds is 47. The maximum absolute atomic E-state index is 15.2. The molecule has 1 saturated heterocycles.